The van der Waals surface area contributed by atoms with Crippen LogP contribution in [0.15, 0.2) is 18.3 Å². The van der Waals surface area contributed by atoms with Crippen molar-refractivity contribution in [3.05, 3.63) is 29.0 Å². The van der Waals surface area contributed by atoms with E-state index in [2.05, 4.69) is 4.98 Å². The normalized spacial score (nSPS) is 15.9. The highest BCUT2D eigenvalue weighted by Crippen LogP contribution is 2.24. The standard InChI is InChI=1S/C11H13ClN2O/c1-14(9-3-2-4-9)11(15)8-5-6-10(12)13-7-8/h5-7,9H,2-4H2,1H3. The Morgan fingerprint density at radius 1 is 1.53 bits per heavy atom. The number of carbonyl (C=O) groups excluding carboxylic acids is 1. The number of carbonyl (C=O) groups is 1. The van der Waals surface area contributed by atoms with Crippen LogP contribution in [-0.4, -0.2) is 28.9 Å². The summed E-state index contributed by atoms with van der Waals surface area (Å²) in [4.78, 5) is 17.6. The van der Waals surface area contributed by atoms with Crippen molar-refractivity contribution in [2.45, 2.75) is 25.3 Å². The first-order valence-electron chi connectivity index (χ1n) is 5.07. The van der Waals surface area contributed by atoms with Crippen LogP contribution in [0.1, 0.15) is 29.6 Å². The van der Waals surface area contributed by atoms with Crippen molar-refractivity contribution in [3.63, 3.8) is 0 Å². The van der Waals surface area contributed by atoms with E-state index in [-0.39, 0.29) is 5.91 Å². The Morgan fingerprint density at radius 2 is 2.27 bits per heavy atom. The van der Waals surface area contributed by atoms with E-state index in [4.69, 9.17) is 11.6 Å². The minimum atomic E-state index is 0.0314. The van der Waals surface area contributed by atoms with Crippen LogP contribution in [0.2, 0.25) is 5.15 Å². The van der Waals surface area contributed by atoms with Gasteiger partial charge in [0.25, 0.3) is 5.91 Å². The minimum Gasteiger partial charge on any atom is -0.339 e. The predicted octanol–water partition coefficient (Wildman–Crippen LogP) is 2.36. The zero-order chi connectivity index (χ0) is 10.8. The average molecular weight is 225 g/mol. The van der Waals surface area contributed by atoms with Gasteiger partial charge in [-0.1, -0.05) is 11.6 Å². The lowest BCUT2D eigenvalue weighted by Crippen LogP contribution is -2.41. The first-order valence-corrected chi connectivity index (χ1v) is 5.45. The predicted molar refractivity (Wildman–Crippen MR) is 59.0 cm³/mol. The molecule has 80 valence electrons. The molecule has 4 heteroatoms. The average Bonchev–Trinajstić information content (AvgIpc) is 2.15. The molecule has 1 aromatic heterocycles. The molecule has 2 rings (SSSR count). The van der Waals surface area contributed by atoms with Crippen LogP contribution in [0.4, 0.5) is 0 Å². The molecule has 1 saturated carbocycles. The molecule has 15 heavy (non-hydrogen) atoms. The highest BCUT2D eigenvalue weighted by molar-refractivity contribution is 6.29. The molecule has 1 fully saturated rings. The van der Waals surface area contributed by atoms with Gasteiger partial charge in [0.1, 0.15) is 5.15 Å². The van der Waals surface area contributed by atoms with E-state index in [1.165, 1.54) is 12.6 Å². The molecule has 1 aliphatic rings. The lowest BCUT2D eigenvalue weighted by molar-refractivity contribution is 0.0651. The van der Waals surface area contributed by atoms with Crippen molar-refractivity contribution in [2.24, 2.45) is 0 Å². The molecule has 0 spiro atoms. The molecule has 1 aliphatic carbocycles. The van der Waals surface area contributed by atoms with Gasteiger partial charge in [-0.25, -0.2) is 4.98 Å². The third-order valence-electron chi connectivity index (χ3n) is 2.92. The van der Waals surface area contributed by atoms with Crippen molar-refractivity contribution in [1.29, 1.82) is 0 Å². The molecule has 3 nitrogen and oxygen atoms in total. The second-order valence-corrected chi connectivity index (χ2v) is 4.26. The van der Waals surface area contributed by atoms with Crippen LogP contribution in [0.5, 0.6) is 0 Å². The lowest BCUT2D eigenvalue weighted by atomic mass is 9.91. The molecular formula is C11H13ClN2O. The molecule has 0 atom stereocenters. The summed E-state index contributed by atoms with van der Waals surface area (Å²) in [6.07, 6.45) is 4.98. The zero-order valence-corrected chi connectivity index (χ0v) is 9.37. The number of pyridine rings is 1. The van der Waals surface area contributed by atoms with Crippen molar-refractivity contribution >= 4 is 17.5 Å². The second-order valence-electron chi connectivity index (χ2n) is 3.87. The van der Waals surface area contributed by atoms with Crippen LogP contribution in [0.3, 0.4) is 0 Å². The Labute approximate surface area is 94.1 Å². The second kappa shape index (κ2) is 4.19. The molecule has 0 N–H and O–H groups in total. The summed E-state index contributed by atoms with van der Waals surface area (Å²) in [5, 5.41) is 0.415. The molecular weight excluding hydrogens is 212 g/mol. The van der Waals surface area contributed by atoms with Gasteiger partial charge in [-0.2, -0.15) is 0 Å². The highest BCUT2D eigenvalue weighted by Gasteiger charge is 2.26. The Bertz CT molecular complexity index is 359. The Morgan fingerprint density at radius 3 is 2.73 bits per heavy atom. The Balaban J connectivity index is 2.09. The van der Waals surface area contributed by atoms with E-state index in [0.717, 1.165) is 12.8 Å². The summed E-state index contributed by atoms with van der Waals surface area (Å²) in [7, 11) is 1.85. The SMILES string of the molecule is CN(C(=O)c1ccc(Cl)nc1)C1CCC1. The van der Waals surface area contributed by atoms with Crippen molar-refractivity contribution < 1.29 is 4.79 Å². The van der Waals surface area contributed by atoms with Crippen LogP contribution >= 0.6 is 11.6 Å². The fraction of sp³-hybridized carbons (Fsp3) is 0.455. The summed E-state index contributed by atoms with van der Waals surface area (Å²) in [6, 6.07) is 3.77. The fourth-order valence-electron chi connectivity index (χ4n) is 1.65. The Kier molecular flexibility index (Phi) is 2.91. The summed E-state index contributed by atoms with van der Waals surface area (Å²) in [5.41, 5.74) is 0.605. The molecule has 0 aliphatic heterocycles. The van der Waals surface area contributed by atoms with Gasteiger partial charge in [0, 0.05) is 19.3 Å². The van der Waals surface area contributed by atoms with Gasteiger partial charge in [0.05, 0.1) is 5.56 Å². The molecule has 0 unspecified atom stereocenters. The topological polar surface area (TPSA) is 33.2 Å². The van der Waals surface area contributed by atoms with Gasteiger partial charge in [0.2, 0.25) is 0 Å². The van der Waals surface area contributed by atoms with Gasteiger partial charge in [-0.05, 0) is 31.4 Å². The zero-order valence-electron chi connectivity index (χ0n) is 8.61. The van der Waals surface area contributed by atoms with E-state index in [0.29, 0.717) is 16.8 Å². The van der Waals surface area contributed by atoms with E-state index >= 15 is 0 Å². The molecule has 0 radical (unpaired) electrons. The van der Waals surface area contributed by atoms with Gasteiger partial charge in [-0.15, -0.1) is 0 Å². The summed E-state index contributed by atoms with van der Waals surface area (Å²) in [6.45, 7) is 0. The smallest absolute Gasteiger partial charge is 0.255 e. The largest absolute Gasteiger partial charge is 0.339 e. The number of amides is 1. The molecule has 1 amide bonds. The van der Waals surface area contributed by atoms with Crippen LogP contribution in [0.25, 0.3) is 0 Å². The summed E-state index contributed by atoms with van der Waals surface area (Å²) in [5.74, 6) is 0.0314. The fourth-order valence-corrected chi connectivity index (χ4v) is 1.76. The molecule has 1 heterocycles. The first kappa shape index (κ1) is 10.4. The van der Waals surface area contributed by atoms with Gasteiger partial charge in [-0.3, -0.25) is 4.79 Å². The molecule has 0 saturated heterocycles. The summed E-state index contributed by atoms with van der Waals surface area (Å²) >= 11 is 5.66. The van der Waals surface area contributed by atoms with Crippen molar-refractivity contribution in [1.82, 2.24) is 9.88 Å². The van der Waals surface area contributed by atoms with Crippen LogP contribution < -0.4 is 0 Å². The maximum Gasteiger partial charge on any atom is 0.255 e. The number of nitrogens with zero attached hydrogens (tertiary/aromatic N) is 2. The number of rotatable bonds is 2. The van der Waals surface area contributed by atoms with Gasteiger partial charge in [0.15, 0.2) is 0 Å². The third kappa shape index (κ3) is 2.12. The van der Waals surface area contributed by atoms with Crippen molar-refractivity contribution in [3.8, 4) is 0 Å². The van der Waals surface area contributed by atoms with Crippen LogP contribution in [-0.2, 0) is 0 Å². The van der Waals surface area contributed by atoms with Crippen molar-refractivity contribution in [2.75, 3.05) is 7.05 Å². The Hall–Kier alpha value is -1.09. The first-order chi connectivity index (χ1) is 7.18. The maximum absolute atomic E-state index is 11.9. The molecule has 0 bridgehead atoms. The molecule has 1 aromatic rings. The number of halogens is 1. The quantitative estimate of drug-likeness (QED) is 0.723. The molecule has 0 aromatic carbocycles. The third-order valence-corrected chi connectivity index (χ3v) is 3.14. The van der Waals surface area contributed by atoms with E-state index in [1.54, 1.807) is 17.0 Å². The van der Waals surface area contributed by atoms with E-state index in [1.807, 2.05) is 7.05 Å². The number of aromatic nitrogens is 1. The van der Waals surface area contributed by atoms with E-state index in [9.17, 15) is 4.79 Å². The summed E-state index contributed by atoms with van der Waals surface area (Å²) < 4.78 is 0. The van der Waals surface area contributed by atoms with Gasteiger partial charge >= 0.3 is 0 Å². The van der Waals surface area contributed by atoms with E-state index < -0.39 is 0 Å². The monoisotopic (exact) mass is 224 g/mol. The minimum absolute atomic E-state index is 0.0314. The van der Waals surface area contributed by atoms with Gasteiger partial charge < -0.3 is 4.90 Å². The maximum atomic E-state index is 11.9. The number of hydrogen-bond acceptors (Lipinski definition) is 2. The lowest BCUT2D eigenvalue weighted by Gasteiger charge is -2.34. The number of hydrogen-bond donors (Lipinski definition) is 0. The van der Waals surface area contributed by atoms with Crippen LogP contribution in [0, 0.1) is 0 Å². The highest BCUT2D eigenvalue weighted by atomic mass is 35.5.